The second-order valence-electron chi connectivity index (χ2n) is 15.4. The first-order valence-corrected chi connectivity index (χ1v) is 19.3. The lowest BCUT2D eigenvalue weighted by Crippen LogP contribution is -2.57. The number of benzene rings is 2. The fraction of sp³-hybridized carbons (Fsp3) is 0.568. The van der Waals surface area contributed by atoms with Gasteiger partial charge in [0.1, 0.15) is 5.75 Å². The van der Waals surface area contributed by atoms with Crippen molar-refractivity contribution in [1.29, 1.82) is 0 Å². The first-order valence-electron chi connectivity index (χ1n) is 17.9. The Morgan fingerprint density at radius 3 is 2.40 bits per heavy atom. The Bertz CT molecular complexity index is 1930. The lowest BCUT2D eigenvalue weighted by molar-refractivity contribution is -0.143. The van der Waals surface area contributed by atoms with Crippen LogP contribution in [0.1, 0.15) is 97.5 Å². The van der Waals surface area contributed by atoms with E-state index in [1.165, 1.54) is 30.4 Å². The van der Waals surface area contributed by atoms with E-state index in [4.69, 9.17) is 4.74 Å². The lowest BCUT2D eigenvalue weighted by atomic mass is 9.81. The molecule has 3 aliphatic carbocycles. The van der Waals surface area contributed by atoms with Gasteiger partial charge in [-0.25, -0.2) is 4.72 Å². The Kier molecular flexibility index (Phi) is 7.05. The lowest BCUT2D eigenvalue weighted by Gasteiger charge is -2.41. The summed E-state index contributed by atoms with van der Waals surface area (Å²) in [6.45, 7) is 2.35. The molecule has 0 spiro atoms. The van der Waals surface area contributed by atoms with Gasteiger partial charge in [0.05, 0.1) is 18.2 Å². The second kappa shape index (κ2) is 11.1. The number of methoxy groups -OCH3 is 1. The molecule has 6 aliphatic rings. The van der Waals surface area contributed by atoms with E-state index in [9.17, 15) is 13.2 Å². The van der Waals surface area contributed by atoms with Gasteiger partial charge in [-0.2, -0.15) is 13.1 Å². The quantitative estimate of drug-likeness (QED) is 0.370. The van der Waals surface area contributed by atoms with Gasteiger partial charge in [-0.05, 0) is 99.4 Å². The molecule has 11 heteroatoms. The maximum absolute atomic E-state index is 15.0. The van der Waals surface area contributed by atoms with Crippen LogP contribution in [0.15, 0.2) is 36.4 Å². The monoisotopic (exact) mass is 671 g/mol. The molecular weight excluding hydrogens is 627 g/mol. The number of likely N-dealkylation sites (N-methyl/N-ethyl adjacent to an activating group) is 1. The summed E-state index contributed by atoms with van der Waals surface area (Å²) < 4.78 is 38.3. The van der Waals surface area contributed by atoms with E-state index >= 15 is 4.79 Å². The second-order valence-corrected chi connectivity index (χ2v) is 16.9. The number of fused-ring (bicyclic) bond motifs is 9. The Hall–Kier alpha value is -3.41. The summed E-state index contributed by atoms with van der Waals surface area (Å²) in [4.78, 5) is 33.1. The number of amides is 2. The molecule has 254 valence electrons. The van der Waals surface area contributed by atoms with Crippen molar-refractivity contribution in [3.63, 3.8) is 0 Å². The maximum Gasteiger partial charge on any atom is 0.301 e. The van der Waals surface area contributed by atoms with Gasteiger partial charge in [0.15, 0.2) is 0 Å². The Balaban J connectivity index is 1.21. The van der Waals surface area contributed by atoms with Crippen LogP contribution in [0.2, 0.25) is 0 Å². The van der Waals surface area contributed by atoms with Gasteiger partial charge >= 0.3 is 10.2 Å². The number of ether oxygens (including phenoxy) is 1. The van der Waals surface area contributed by atoms with Crippen molar-refractivity contribution in [3.05, 3.63) is 53.1 Å². The Morgan fingerprint density at radius 1 is 0.938 bits per heavy atom. The van der Waals surface area contributed by atoms with Gasteiger partial charge in [-0.3, -0.25) is 9.59 Å². The number of rotatable bonds is 7. The Labute approximate surface area is 282 Å². The van der Waals surface area contributed by atoms with E-state index in [1.807, 2.05) is 18.2 Å². The number of carbonyl (C=O) groups excluding carboxylic acids is 2. The highest BCUT2D eigenvalue weighted by atomic mass is 32.2. The number of aromatic nitrogens is 1. The van der Waals surface area contributed by atoms with Crippen LogP contribution < -0.4 is 14.2 Å². The standard InChI is InChI=1S/C37H45N5O5S/c1-40-19-25-11-12-26(20-40)42(25)36(44)37-18-31(37)30-17-27(47-2)13-15-28(30)34-33(22-6-4-3-5-7-22)29-14-8-23(16-32(29)41(34)21-37)35(43)39-48(45,46)38-24-9-10-24/h8,13-17,22,24-26,31,38H,3-7,9-12,18-21H2,1-2H3,(H,39,43)/t25?,26?,31-,37-/m0/s1. The van der Waals surface area contributed by atoms with Crippen LogP contribution >= 0.6 is 0 Å². The van der Waals surface area contributed by atoms with Gasteiger partial charge in [-0.15, -0.1) is 0 Å². The van der Waals surface area contributed by atoms with Crippen molar-refractivity contribution in [2.75, 3.05) is 27.2 Å². The van der Waals surface area contributed by atoms with Crippen LogP contribution in [0.3, 0.4) is 0 Å². The van der Waals surface area contributed by atoms with Crippen molar-refractivity contribution < 1.29 is 22.7 Å². The molecule has 48 heavy (non-hydrogen) atoms. The predicted octanol–water partition coefficient (Wildman–Crippen LogP) is 4.88. The normalized spacial score (nSPS) is 28.4. The van der Waals surface area contributed by atoms with Crippen LogP contribution in [0.4, 0.5) is 0 Å². The van der Waals surface area contributed by atoms with E-state index < -0.39 is 21.5 Å². The van der Waals surface area contributed by atoms with Gasteiger partial charge < -0.3 is 19.1 Å². The summed E-state index contributed by atoms with van der Waals surface area (Å²) in [5.41, 5.74) is 5.38. The molecule has 3 aromatic rings. The highest BCUT2D eigenvalue weighted by Crippen LogP contribution is 2.66. The Morgan fingerprint density at radius 2 is 1.69 bits per heavy atom. The van der Waals surface area contributed by atoms with E-state index in [-0.39, 0.29) is 30.0 Å². The summed E-state index contributed by atoms with van der Waals surface area (Å²) >= 11 is 0. The summed E-state index contributed by atoms with van der Waals surface area (Å²) in [7, 11) is -0.111. The molecule has 3 aliphatic heterocycles. The smallest absolute Gasteiger partial charge is 0.301 e. The van der Waals surface area contributed by atoms with E-state index in [0.717, 1.165) is 85.9 Å². The zero-order valence-corrected chi connectivity index (χ0v) is 28.7. The van der Waals surface area contributed by atoms with E-state index in [0.29, 0.717) is 18.0 Å². The summed E-state index contributed by atoms with van der Waals surface area (Å²) in [6.07, 6.45) is 10.2. The largest absolute Gasteiger partial charge is 0.497 e. The number of carbonyl (C=O) groups is 2. The van der Waals surface area contributed by atoms with Crippen molar-refractivity contribution >= 4 is 32.9 Å². The number of nitrogens with one attached hydrogen (secondary N) is 2. The minimum Gasteiger partial charge on any atom is -0.497 e. The third kappa shape index (κ3) is 4.90. The third-order valence-corrected chi connectivity index (χ3v) is 13.3. The van der Waals surface area contributed by atoms with E-state index in [2.05, 4.69) is 43.0 Å². The van der Waals surface area contributed by atoms with Crippen molar-refractivity contribution in [2.24, 2.45) is 5.41 Å². The summed E-state index contributed by atoms with van der Waals surface area (Å²) in [5, 5.41) is 1.09. The van der Waals surface area contributed by atoms with Crippen LogP contribution in [0, 0.1) is 5.41 Å². The molecule has 2 unspecified atom stereocenters. The minimum absolute atomic E-state index is 0.0773. The molecule has 0 radical (unpaired) electrons. The molecule has 5 fully saturated rings. The van der Waals surface area contributed by atoms with Crippen molar-refractivity contribution in [3.8, 4) is 17.0 Å². The fourth-order valence-corrected chi connectivity index (χ4v) is 10.9. The summed E-state index contributed by atoms with van der Waals surface area (Å²) in [5.74, 6) is 0.855. The number of likely N-dealkylation sites (tertiary alicyclic amines) is 1. The average molecular weight is 672 g/mol. The molecule has 10 nitrogen and oxygen atoms in total. The van der Waals surface area contributed by atoms with Gasteiger partial charge in [0, 0.05) is 65.7 Å². The highest BCUT2D eigenvalue weighted by Gasteiger charge is 2.65. The number of nitrogens with zero attached hydrogens (tertiary/aromatic N) is 3. The average Bonchev–Trinajstić information content (AvgIpc) is 3.98. The zero-order valence-electron chi connectivity index (χ0n) is 27.8. The number of piperazine rings is 1. The molecule has 4 atom stereocenters. The molecule has 2 amide bonds. The van der Waals surface area contributed by atoms with Crippen LogP contribution in [0.5, 0.6) is 5.75 Å². The van der Waals surface area contributed by atoms with Gasteiger partial charge in [-0.1, -0.05) is 25.3 Å². The van der Waals surface area contributed by atoms with Gasteiger partial charge in [0.25, 0.3) is 5.91 Å². The topological polar surface area (TPSA) is 113 Å². The molecule has 2 bridgehead atoms. The molecular formula is C37H45N5O5S. The van der Waals surface area contributed by atoms with E-state index in [1.54, 1.807) is 13.2 Å². The molecule has 4 heterocycles. The molecule has 2 aromatic carbocycles. The zero-order chi connectivity index (χ0) is 32.9. The maximum atomic E-state index is 15.0. The highest BCUT2D eigenvalue weighted by molar-refractivity contribution is 7.88. The van der Waals surface area contributed by atoms with Crippen LogP contribution in [-0.2, 0) is 21.5 Å². The number of hydrogen-bond acceptors (Lipinski definition) is 6. The first-order chi connectivity index (χ1) is 23.2. The SMILES string of the molecule is COc1ccc2c(c1)[C@@H]1C[C@]1(C(=O)N1C3CCC1CN(C)C3)Cn1c-2c(C2CCCCC2)c2ccc(C(=O)NS(=O)(=O)NC3CC3)cc21. The molecule has 2 N–H and O–H groups in total. The first kappa shape index (κ1) is 30.6. The van der Waals surface area contributed by atoms with Crippen LogP contribution in [0.25, 0.3) is 22.2 Å². The predicted molar refractivity (Wildman–Crippen MR) is 183 cm³/mol. The molecule has 1 aromatic heterocycles. The fourth-order valence-electron chi connectivity index (χ4n) is 9.76. The molecule has 2 saturated heterocycles. The number of hydrogen-bond donors (Lipinski definition) is 2. The van der Waals surface area contributed by atoms with Gasteiger partial charge in [0.2, 0.25) is 5.91 Å². The van der Waals surface area contributed by atoms with Crippen molar-refractivity contribution in [2.45, 2.75) is 101 Å². The molecule has 3 saturated carbocycles. The third-order valence-electron chi connectivity index (χ3n) is 12.2. The van der Waals surface area contributed by atoms with Crippen molar-refractivity contribution in [1.82, 2.24) is 23.8 Å². The van der Waals surface area contributed by atoms with Crippen LogP contribution in [-0.4, -0.2) is 80.0 Å². The summed E-state index contributed by atoms with van der Waals surface area (Å²) in [6, 6.07) is 12.4. The molecule has 9 rings (SSSR count). The minimum atomic E-state index is -3.97.